The van der Waals surface area contributed by atoms with Gasteiger partial charge in [-0.15, -0.1) is 0 Å². The van der Waals surface area contributed by atoms with Crippen LogP contribution in [-0.2, 0) is 27.9 Å². The fourth-order valence-corrected chi connectivity index (χ4v) is 8.50. The Bertz CT molecular complexity index is 1040. The van der Waals surface area contributed by atoms with Crippen molar-refractivity contribution in [3.63, 3.8) is 0 Å². The molecule has 0 aromatic carbocycles. The first-order valence-corrected chi connectivity index (χ1v) is 25.3. The van der Waals surface area contributed by atoms with Gasteiger partial charge in [-0.1, -0.05) is 184 Å². The molecule has 0 aromatic rings. The Labute approximate surface area is 354 Å². The van der Waals surface area contributed by atoms with E-state index in [-0.39, 0.29) is 49.8 Å². The molecular weight excluding hydrogens is 734 g/mol. The summed E-state index contributed by atoms with van der Waals surface area (Å²) in [6.45, 7) is 21.0. The molecule has 0 saturated heterocycles. The van der Waals surface area contributed by atoms with E-state index < -0.39 is 13.7 Å². The van der Waals surface area contributed by atoms with E-state index in [1.165, 1.54) is 96.3 Å². The number of ketones is 1. The van der Waals surface area contributed by atoms with E-state index in [1.807, 2.05) is 21.1 Å². The molecule has 0 fully saturated rings. The molecule has 0 spiro atoms. The lowest BCUT2D eigenvalue weighted by Gasteiger charge is -2.24. The van der Waals surface area contributed by atoms with Crippen LogP contribution in [0.4, 0.5) is 0 Å². The first-order valence-electron chi connectivity index (χ1n) is 23.8. The normalized spacial score (nSPS) is 16.6. The van der Waals surface area contributed by atoms with Crippen LogP contribution in [0.2, 0.25) is 0 Å². The van der Waals surface area contributed by atoms with Crippen molar-refractivity contribution in [3.05, 3.63) is 0 Å². The summed E-state index contributed by atoms with van der Waals surface area (Å²) in [6, 6.07) is 0. The Morgan fingerprint density at radius 3 is 1.39 bits per heavy atom. The van der Waals surface area contributed by atoms with E-state index in [0.717, 1.165) is 49.4 Å². The summed E-state index contributed by atoms with van der Waals surface area (Å²) in [5.41, 5.74) is 0. The van der Waals surface area contributed by atoms with Crippen LogP contribution >= 0.6 is 7.82 Å². The van der Waals surface area contributed by atoms with Gasteiger partial charge in [-0.25, -0.2) is 4.57 Å². The van der Waals surface area contributed by atoms with Gasteiger partial charge in [0.15, 0.2) is 0 Å². The first kappa shape index (κ1) is 56.2. The molecule has 0 radical (unpaired) electrons. The number of phosphoric acid groups is 1. The average Bonchev–Trinajstić information content (AvgIpc) is 3.08. The summed E-state index contributed by atoms with van der Waals surface area (Å²) in [4.78, 5) is 36.5. The van der Waals surface area contributed by atoms with Crippen molar-refractivity contribution in [3.8, 4) is 0 Å². The number of quaternary nitrogens is 1. The molecule has 1 N–H and O–H groups in total. The number of esters is 1. The molecule has 0 aliphatic rings. The quantitative estimate of drug-likeness (QED) is 0.0285. The minimum absolute atomic E-state index is 0.0195. The minimum atomic E-state index is -4.32. The van der Waals surface area contributed by atoms with Gasteiger partial charge in [0, 0.05) is 25.2 Å². The zero-order chi connectivity index (χ0) is 43.3. The molecule has 8 nitrogen and oxygen atoms in total. The third-order valence-corrected chi connectivity index (χ3v) is 12.7. The Morgan fingerprint density at radius 1 is 0.509 bits per heavy atom. The fourth-order valence-electron chi connectivity index (χ4n) is 7.71. The summed E-state index contributed by atoms with van der Waals surface area (Å²) in [6.07, 6.45) is 24.6. The largest absolute Gasteiger partial charge is 0.472 e. The third kappa shape index (κ3) is 37.9. The SMILES string of the molecule is CC(C)CCC[C@H](C)CCCCCCC[C@H](C)CC(=O)OC[C@H](COP(=O)(O)OCC[N+](C)(C)C)CC(=O)C[C@@H](C)CCC[C@@H](C)CCC[C@@H](C)CCCC(C)C. The van der Waals surface area contributed by atoms with E-state index in [4.69, 9.17) is 13.8 Å². The number of hydrogen-bond acceptors (Lipinski definition) is 6. The molecule has 0 aromatic heterocycles. The zero-order valence-electron chi connectivity index (χ0n) is 39.8. The van der Waals surface area contributed by atoms with Crippen molar-refractivity contribution in [2.24, 2.45) is 47.3 Å². The van der Waals surface area contributed by atoms with E-state index in [2.05, 4.69) is 62.3 Å². The second kappa shape index (κ2) is 32.9. The molecule has 1 unspecified atom stereocenters. The maximum atomic E-state index is 13.3. The maximum absolute atomic E-state index is 13.3. The summed E-state index contributed by atoms with van der Waals surface area (Å²) in [5, 5.41) is 0. The molecule has 340 valence electrons. The van der Waals surface area contributed by atoms with E-state index in [0.29, 0.717) is 29.8 Å². The lowest BCUT2D eigenvalue weighted by molar-refractivity contribution is -0.870. The van der Waals surface area contributed by atoms with E-state index in [1.54, 1.807) is 0 Å². The second-order valence-corrected chi connectivity index (χ2v) is 22.1. The number of carbonyl (C=O) groups is 2. The standard InChI is InChI=1S/C48H96NO7P/c1-39(2)22-18-26-41(5)24-16-14-13-15-17-25-45(9)35-48(51)54-37-46(38-56-57(52,53)55-33-32-49(10,11)12)36-47(50)34-44(8)31-21-30-43(7)29-20-28-42(6)27-19-23-40(3)4/h39-46H,13-38H2,1-12H3/p+1/t41-,42+,43+,44+,45+,46-/m1/s1. The second-order valence-electron chi connectivity index (χ2n) is 20.7. The monoisotopic (exact) mass is 831 g/mol. The lowest BCUT2D eigenvalue weighted by Crippen LogP contribution is -2.37. The van der Waals surface area contributed by atoms with Gasteiger partial charge in [0.2, 0.25) is 0 Å². The molecule has 0 bridgehead atoms. The van der Waals surface area contributed by atoms with Crippen LogP contribution in [0, 0.1) is 47.3 Å². The van der Waals surface area contributed by atoms with Gasteiger partial charge in [0.1, 0.15) is 18.9 Å². The van der Waals surface area contributed by atoms with Crippen molar-refractivity contribution in [2.75, 3.05) is 47.5 Å². The molecule has 7 atom stereocenters. The topological polar surface area (TPSA) is 99.1 Å². The van der Waals surface area contributed by atoms with Crippen LogP contribution in [0.5, 0.6) is 0 Å². The summed E-state index contributed by atoms with van der Waals surface area (Å²) < 4.78 is 29.5. The number of nitrogens with zero attached hydrogens (tertiary/aromatic N) is 1. The molecule has 0 aliphatic carbocycles. The highest BCUT2D eigenvalue weighted by atomic mass is 31.2. The number of hydrogen-bond donors (Lipinski definition) is 1. The number of unbranched alkanes of at least 4 members (excludes halogenated alkanes) is 4. The Balaban J connectivity index is 4.74. The van der Waals surface area contributed by atoms with Gasteiger partial charge in [0.25, 0.3) is 0 Å². The van der Waals surface area contributed by atoms with Crippen LogP contribution in [0.25, 0.3) is 0 Å². The number of ether oxygens (including phenoxy) is 1. The molecule has 0 amide bonds. The van der Waals surface area contributed by atoms with Crippen LogP contribution in [-0.4, -0.2) is 68.6 Å². The van der Waals surface area contributed by atoms with Crippen LogP contribution in [0.1, 0.15) is 204 Å². The summed E-state index contributed by atoms with van der Waals surface area (Å²) >= 11 is 0. The molecule has 0 saturated carbocycles. The van der Waals surface area contributed by atoms with Crippen LogP contribution in [0.15, 0.2) is 0 Å². The van der Waals surface area contributed by atoms with Gasteiger partial charge in [-0.05, 0) is 41.4 Å². The van der Waals surface area contributed by atoms with Gasteiger partial charge < -0.3 is 14.1 Å². The highest BCUT2D eigenvalue weighted by molar-refractivity contribution is 7.47. The molecule has 0 aliphatic heterocycles. The number of Topliss-reactive ketones (excluding diaryl/α,β-unsaturated/α-hetero) is 1. The van der Waals surface area contributed by atoms with Crippen LogP contribution < -0.4 is 0 Å². The minimum Gasteiger partial charge on any atom is -0.465 e. The molecule has 9 heteroatoms. The smallest absolute Gasteiger partial charge is 0.465 e. The summed E-state index contributed by atoms with van der Waals surface area (Å²) in [5.74, 6) is 3.66. The van der Waals surface area contributed by atoms with Crippen molar-refractivity contribution < 1.29 is 37.3 Å². The molecule has 0 rings (SSSR count). The Morgan fingerprint density at radius 2 is 0.912 bits per heavy atom. The number of phosphoric ester groups is 1. The van der Waals surface area contributed by atoms with Crippen molar-refractivity contribution in [1.29, 1.82) is 0 Å². The molecular formula is C48H97NO7P+. The number of likely N-dealkylation sites (N-methyl/N-ethyl adjacent to an activating group) is 1. The molecule has 57 heavy (non-hydrogen) atoms. The van der Waals surface area contributed by atoms with Gasteiger partial charge in [0.05, 0.1) is 34.4 Å². The fraction of sp³-hybridized carbons (Fsp3) is 0.958. The number of rotatable bonds is 39. The highest BCUT2D eigenvalue weighted by Crippen LogP contribution is 2.43. The Kier molecular flexibility index (Phi) is 32.5. The average molecular weight is 831 g/mol. The third-order valence-electron chi connectivity index (χ3n) is 11.7. The highest BCUT2D eigenvalue weighted by Gasteiger charge is 2.27. The summed E-state index contributed by atoms with van der Waals surface area (Å²) in [7, 11) is 1.60. The van der Waals surface area contributed by atoms with Gasteiger partial charge in [-0.2, -0.15) is 0 Å². The zero-order valence-corrected chi connectivity index (χ0v) is 40.7. The van der Waals surface area contributed by atoms with Gasteiger partial charge in [-0.3, -0.25) is 18.6 Å². The van der Waals surface area contributed by atoms with Crippen LogP contribution in [0.3, 0.4) is 0 Å². The first-order chi connectivity index (χ1) is 26.7. The lowest BCUT2D eigenvalue weighted by atomic mass is 9.89. The van der Waals surface area contributed by atoms with Crippen molar-refractivity contribution >= 4 is 19.6 Å². The van der Waals surface area contributed by atoms with Gasteiger partial charge >= 0.3 is 13.8 Å². The predicted octanol–water partition coefficient (Wildman–Crippen LogP) is 13.6. The van der Waals surface area contributed by atoms with E-state index >= 15 is 0 Å². The predicted molar refractivity (Wildman–Crippen MR) is 241 cm³/mol. The van der Waals surface area contributed by atoms with Crippen molar-refractivity contribution in [1.82, 2.24) is 0 Å². The maximum Gasteiger partial charge on any atom is 0.472 e. The number of carbonyl (C=O) groups excluding carboxylic acids is 2. The molecule has 0 heterocycles. The van der Waals surface area contributed by atoms with E-state index in [9.17, 15) is 19.0 Å². The van der Waals surface area contributed by atoms with Crippen molar-refractivity contribution in [2.45, 2.75) is 204 Å². The Hall–Kier alpha value is -0.790.